The van der Waals surface area contributed by atoms with Crippen molar-refractivity contribution in [1.82, 2.24) is 4.90 Å². The molecule has 188 valence electrons. The van der Waals surface area contributed by atoms with E-state index in [0.717, 1.165) is 56.5 Å². The zero-order valence-corrected chi connectivity index (χ0v) is 21.9. The van der Waals surface area contributed by atoms with Crippen LogP contribution in [0, 0.1) is 35.0 Å². The molecule has 2 saturated carbocycles. The monoisotopic (exact) mass is 466 g/mol. The summed E-state index contributed by atoms with van der Waals surface area (Å²) in [4.78, 5) is 14.8. The van der Waals surface area contributed by atoms with Crippen LogP contribution in [0.15, 0.2) is 22.8 Å². The van der Waals surface area contributed by atoms with E-state index in [0.29, 0.717) is 29.8 Å². The lowest BCUT2D eigenvalue weighted by molar-refractivity contribution is -0.116. The summed E-state index contributed by atoms with van der Waals surface area (Å²) in [6.07, 6.45) is 12.7. The maximum atomic E-state index is 12.2. The Bertz CT molecular complexity index is 923. The zero-order chi connectivity index (χ0) is 23.8. The molecular weight excluding hydrogens is 420 g/mol. The van der Waals surface area contributed by atoms with Crippen LogP contribution in [0.25, 0.3) is 0 Å². The Balaban J connectivity index is 1.29. The van der Waals surface area contributed by atoms with Gasteiger partial charge in [0.05, 0.1) is 11.7 Å². The summed E-state index contributed by atoms with van der Waals surface area (Å²) >= 11 is 0. The number of carbonyl (C=O) groups excluding carboxylic acids is 1. The Morgan fingerprint density at radius 1 is 1.21 bits per heavy atom. The lowest BCUT2D eigenvalue weighted by Gasteiger charge is -2.48. The number of hydrogen-bond donors (Lipinski definition) is 1. The van der Waals surface area contributed by atoms with Gasteiger partial charge in [0.25, 0.3) is 0 Å². The molecule has 2 aliphatic heterocycles. The second-order valence-electron chi connectivity index (χ2n) is 13.3. The predicted octanol–water partition coefficient (Wildman–Crippen LogP) is 5.27. The van der Waals surface area contributed by atoms with Crippen LogP contribution in [0.4, 0.5) is 0 Å². The molecule has 0 aromatic rings. The van der Waals surface area contributed by atoms with Crippen LogP contribution in [0.3, 0.4) is 0 Å². The number of nitrogens with two attached hydrogens (primary N) is 1. The highest BCUT2D eigenvalue weighted by Crippen LogP contribution is 2.64. The van der Waals surface area contributed by atoms with Crippen molar-refractivity contribution in [1.29, 1.82) is 0 Å². The molecule has 1 unspecified atom stereocenters. The highest BCUT2D eigenvalue weighted by molar-refractivity contribution is 5.91. The largest absolute Gasteiger partial charge is 0.369 e. The van der Waals surface area contributed by atoms with E-state index in [9.17, 15) is 4.79 Å². The number of ketones is 1. The smallest absolute Gasteiger partial charge is 0.155 e. The highest BCUT2D eigenvalue weighted by Gasteiger charge is 2.59. The van der Waals surface area contributed by atoms with Gasteiger partial charge in [0.2, 0.25) is 0 Å². The van der Waals surface area contributed by atoms with Gasteiger partial charge in [-0.2, -0.15) is 0 Å². The van der Waals surface area contributed by atoms with Gasteiger partial charge in [0.1, 0.15) is 0 Å². The van der Waals surface area contributed by atoms with Crippen LogP contribution in [0.5, 0.6) is 0 Å². The van der Waals surface area contributed by atoms with Gasteiger partial charge in [-0.05, 0) is 93.5 Å². The maximum Gasteiger partial charge on any atom is 0.155 e. The van der Waals surface area contributed by atoms with Crippen LogP contribution >= 0.6 is 0 Å². The van der Waals surface area contributed by atoms with Crippen LogP contribution in [-0.2, 0) is 9.53 Å². The molecule has 0 amide bonds. The number of ether oxygens (including phenoxy) is 1. The first kappa shape index (κ1) is 23.4. The summed E-state index contributed by atoms with van der Waals surface area (Å²) in [5.74, 6) is 3.87. The van der Waals surface area contributed by atoms with Gasteiger partial charge in [0, 0.05) is 38.0 Å². The van der Waals surface area contributed by atoms with Gasteiger partial charge in [-0.1, -0.05) is 37.5 Å². The lowest BCUT2D eigenvalue weighted by atomic mass is 9.56. The number of hydrogen-bond acceptors (Lipinski definition) is 4. The van der Waals surface area contributed by atoms with E-state index in [1.54, 1.807) is 11.1 Å². The van der Waals surface area contributed by atoms with E-state index in [4.69, 9.17) is 10.5 Å². The second-order valence-corrected chi connectivity index (χ2v) is 13.3. The fourth-order valence-electron chi connectivity index (χ4n) is 9.93. The summed E-state index contributed by atoms with van der Waals surface area (Å²) in [7, 11) is 0. The summed E-state index contributed by atoms with van der Waals surface area (Å²) in [6.45, 7) is 12.7. The molecule has 2 heterocycles. The van der Waals surface area contributed by atoms with E-state index in [-0.39, 0.29) is 11.0 Å². The maximum absolute atomic E-state index is 12.2. The molecule has 0 aromatic carbocycles. The average molecular weight is 467 g/mol. The Labute approximate surface area is 206 Å². The number of fused-ring (bicyclic) bond motifs is 6. The van der Waals surface area contributed by atoms with Crippen LogP contribution in [-0.4, -0.2) is 48.1 Å². The Morgan fingerprint density at radius 2 is 2.03 bits per heavy atom. The van der Waals surface area contributed by atoms with Gasteiger partial charge in [-0.15, -0.1) is 0 Å². The summed E-state index contributed by atoms with van der Waals surface area (Å²) in [5.41, 5.74) is 11.2. The van der Waals surface area contributed by atoms with Gasteiger partial charge < -0.3 is 10.5 Å². The number of rotatable bonds is 2. The average Bonchev–Trinajstić information content (AvgIpc) is 3.25. The second kappa shape index (κ2) is 8.28. The fourth-order valence-corrected chi connectivity index (χ4v) is 9.93. The van der Waals surface area contributed by atoms with E-state index in [2.05, 4.69) is 32.6 Å². The molecule has 9 atom stereocenters. The normalized spacial score (nSPS) is 48.8. The van der Waals surface area contributed by atoms with E-state index < -0.39 is 0 Å². The third-order valence-electron chi connectivity index (χ3n) is 11.6. The first-order chi connectivity index (χ1) is 16.3. The van der Waals surface area contributed by atoms with E-state index in [1.165, 1.54) is 44.2 Å². The minimum Gasteiger partial charge on any atom is -0.369 e. The molecule has 0 bridgehead atoms. The van der Waals surface area contributed by atoms with E-state index >= 15 is 0 Å². The number of piperidine rings is 1. The standard InChI is InChI=1S/C30H46N2O2/c1-18-13-27-28(32(17-18)12-11-31)20(3)30(34-27)10-8-23-24-6-5-21-14-22(33)7-9-29(21,4)26(24)15-25(23)19(2)16-30/h14,18,20,23-24,26-28H,5-13,15-17,31H2,1-4H3/t18-,20+,23-,24-,26-,27+,28-,29-,30?/m0/s1. The first-order valence-electron chi connectivity index (χ1n) is 14.3. The number of allylic oxidation sites excluding steroid dienone is 3. The molecule has 4 heteroatoms. The van der Waals surface area contributed by atoms with Gasteiger partial charge >= 0.3 is 0 Å². The van der Waals surface area contributed by atoms with Crippen molar-refractivity contribution in [3.05, 3.63) is 22.8 Å². The van der Waals surface area contributed by atoms with Gasteiger partial charge in [0.15, 0.2) is 5.78 Å². The first-order valence-corrected chi connectivity index (χ1v) is 14.3. The molecule has 4 nitrogen and oxygen atoms in total. The highest BCUT2D eigenvalue weighted by atomic mass is 16.5. The van der Waals surface area contributed by atoms with Crippen LogP contribution in [0.2, 0.25) is 0 Å². The lowest BCUT2D eigenvalue weighted by Crippen LogP contribution is -2.53. The summed E-state index contributed by atoms with van der Waals surface area (Å²) in [5, 5.41) is 0. The molecule has 0 aromatic heterocycles. The molecular formula is C30H46N2O2. The van der Waals surface area contributed by atoms with Crippen molar-refractivity contribution >= 4 is 5.78 Å². The van der Waals surface area contributed by atoms with Crippen molar-refractivity contribution in [2.45, 2.75) is 103 Å². The van der Waals surface area contributed by atoms with Crippen LogP contribution in [0.1, 0.15) is 85.5 Å². The fraction of sp³-hybridized carbons (Fsp3) is 0.833. The molecule has 4 fully saturated rings. The van der Waals surface area contributed by atoms with Gasteiger partial charge in [-0.3, -0.25) is 9.69 Å². The minimum absolute atomic E-state index is 0.00402. The molecule has 6 rings (SSSR count). The van der Waals surface area contributed by atoms with Crippen molar-refractivity contribution < 1.29 is 9.53 Å². The molecule has 6 aliphatic rings. The molecule has 34 heavy (non-hydrogen) atoms. The SMILES string of the molecule is CC1=C2C[C@H]3[C@@H](CCC4=CC(=O)CC[C@@]43C)[C@@H]2CCC2(C1)O[C@@H]1C[C@H](C)CN(CCN)[C@H]1[C@H]2C. The summed E-state index contributed by atoms with van der Waals surface area (Å²) in [6, 6.07) is 0.532. The third-order valence-corrected chi connectivity index (χ3v) is 11.6. The van der Waals surface area contributed by atoms with E-state index in [1.807, 2.05) is 6.08 Å². The number of likely N-dealkylation sites (tertiary alicyclic amines) is 1. The van der Waals surface area contributed by atoms with Crippen molar-refractivity contribution in [3.63, 3.8) is 0 Å². The van der Waals surface area contributed by atoms with Crippen molar-refractivity contribution in [3.8, 4) is 0 Å². The Kier molecular flexibility index (Phi) is 5.71. The zero-order valence-electron chi connectivity index (χ0n) is 21.9. The molecule has 4 aliphatic carbocycles. The predicted molar refractivity (Wildman–Crippen MR) is 136 cm³/mol. The topological polar surface area (TPSA) is 55.6 Å². The molecule has 2 N–H and O–H groups in total. The molecule has 2 saturated heterocycles. The van der Waals surface area contributed by atoms with Crippen molar-refractivity contribution in [2.75, 3.05) is 19.6 Å². The Morgan fingerprint density at radius 3 is 2.82 bits per heavy atom. The minimum atomic E-state index is 0.00402. The Hall–Kier alpha value is -0.970. The number of nitrogens with zero attached hydrogens (tertiary/aromatic N) is 1. The van der Waals surface area contributed by atoms with Crippen LogP contribution < -0.4 is 5.73 Å². The summed E-state index contributed by atoms with van der Waals surface area (Å²) < 4.78 is 7.16. The number of carbonyl (C=O) groups is 1. The third kappa shape index (κ3) is 3.38. The molecule has 1 spiro atoms. The van der Waals surface area contributed by atoms with Gasteiger partial charge in [-0.25, -0.2) is 0 Å². The quantitative estimate of drug-likeness (QED) is 0.563. The molecule has 0 radical (unpaired) electrons. The van der Waals surface area contributed by atoms with Crippen molar-refractivity contribution in [2.24, 2.45) is 40.7 Å².